The lowest BCUT2D eigenvalue weighted by Gasteiger charge is -2.16. The molecule has 0 aliphatic heterocycles. The van der Waals surface area contributed by atoms with E-state index in [0.717, 1.165) is 16.3 Å². The molecule has 5 heteroatoms. The van der Waals surface area contributed by atoms with Gasteiger partial charge in [-0.15, -0.1) is 11.3 Å². The van der Waals surface area contributed by atoms with Crippen LogP contribution >= 0.6 is 11.3 Å². The molecule has 0 atom stereocenters. The van der Waals surface area contributed by atoms with Crippen molar-refractivity contribution in [3.8, 4) is 0 Å². The third-order valence-electron chi connectivity index (χ3n) is 2.85. The molecule has 0 saturated heterocycles. The first-order valence-corrected chi connectivity index (χ1v) is 6.93. The molecular formula is C14H17N3OS. The molecular weight excluding hydrogens is 258 g/mol. The monoisotopic (exact) mass is 275 g/mol. The molecule has 1 heterocycles. The maximum Gasteiger partial charge on any atom is 0.253 e. The van der Waals surface area contributed by atoms with E-state index in [4.69, 9.17) is 5.73 Å². The van der Waals surface area contributed by atoms with Crippen LogP contribution in [0.1, 0.15) is 26.6 Å². The minimum absolute atomic E-state index is 0.00535. The molecule has 0 aliphatic carbocycles. The Hall–Kier alpha value is -1.72. The number of aromatic nitrogens is 1. The molecule has 0 fully saturated rings. The summed E-state index contributed by atoms with van der Waals surface area (Å²) >= 11 is 1.60. The van der Waals surface area contributed by atoms with Gasteiger partial charge in [-0.25, -0.2) is 4.98 Å². The molecule has 4 nitrogen and oxygen atoms in total. The van der Waals surface area contributed by atoms with Gasteiger partial charge in [0, 0.05) is 24.5 Å². The van der Waals surface area contributed by atoms with Crippen molar-refractivity contribution in [3.63, 3.8) is 0 Å². The first-order chi connectivity index (χ1) is 9.10. The predicted molar refractivity (Wildman–Crippen MR) is 77.0 cm³/mol. The summed E-state index contributed by atoms with van der Waals surface area (Å²) < 4.78 is 0. The maximum absolute atomic E-state index is 12.2. The predicted octanol–water partition coefficient (Wildman–Crippen LogP) is 2.18. The second kappa shape index (κ2) is 5.95. The van der Waals surface area contributed by atoms with Gasteiger partial charge in [-0.3, -0.25) is 4.79 Å². The molecule has 0 spiro atoms. The number of hydrogen-bond acceptors (Lipinski definition) is 4. The molecule has 2 rings (SSSR count). The highest BCUT2D eigenvalue weighted by atomic mass is 32.1. The largest absolute Gasteiger partial charge is 0.336 e. The van der Waals surface area contributed by atoms with Crippen molar-refractivity contribution in [1.29, 1.82) is 0 Å². The van der Waals surface area contributed by atoms with Crippen LogP contribution < -0.4 is 5.73 Å². The molecule has 2 N–H and O–H groups in total. The molecule has 1 amide bonds. The molecule has 1 aromatic carbocycles. The van der Waals surface area contributed by atoms with E-state index in [9.17, 15) is 4.79 Å². The fourth-order valence-electron chi connectivity index (χ4n) is 1.80. The van der Waals surface area contributed by atoms with E-state index in [-0.39, 0.29) is 5.91 Å². The number of carbonyl (C=O) groups is 1. The van der Waals surface area contributed by atoms with Gasteiger partial charge in [0.15, 0.2) is 0 Å². The Morgan fingerprint density at radius 2 is 2.05 bits per heavy atom. The number of hydrogen-bond donors (Lipinski definition) is 1. The number of thiazole rings is 1. The van der Waals surface area contributed by atoms with E-state index in [1.165, 1.54) is 0 Å². The number of amides is 1. The van der Waals surface area contributed by atoms with Crippen molar-refractivity contribution in [2.24, 2.45) is 5.73 Å². The van der Waals surface area contributed by atoms with E-state index < -0.39 is 0 Å². The van der Waals surface area contributed by atoms with Crippen LogP contribution in [0, 0.1) is 6.92 Å². The van der Waals surface area contributed by atoms with Gasteiger partial charge >= 0.3 is 0 Å². The van der Waals surface area contributed by atoms with Gasteiger partial charge in [-0.1, -0.05) is 12.1 Å². The van der Waals surface area contributed by atoms with Crippen molar-refractivity contribution in [2.75, 3.05) is 7.05 Å². The van der Waals surface area contributed by atoms with Gasteiger partial charge in [-0.2, -0.15) is 0 Å². The van der Waals surface area contributed by atoms with E-state index in [1.807, 2.05) is 36.6 Å². The van der Waals surface area contributed by atoms with Crippen molar-refractivity contribution >= 4 is 17.2 Å². The summed E-state index contributed by atoms with van der Waals surface area (Å²) in [6, 6.07) is 7.39. The smallest absolute Gasteiger partial charge is 0.253 e. The minimum atomic E-state index is -0.00535. The topological polar surface area (TPSA) is 59.2 Å². The summed E-state index contributed by atoms with van der Waals surface area (Å²) in [6.45, 7) is 2.98. The highest BCUT2D eigenvalue weighted by Crippen LogP contribution is 2.12. The van der Waals surface area contributed by atoms with Crippen LogP contribution in [0.3, 0.4) is 0 Å². The molecule has 0 unspecified atom stereocenters. The van der Waals surface area contributed by atoms with Crippen LogP contribution in [0.15, 0.2) is 29.6 Å². The Kier molecular flexibility index (Phi) is 4.29. The summed E-state index contributed by atoms with van der Waals surface area (Å²) in [7, 11) is 1.79. The van der Waals surface area contributed by atoms with Crippen LogP contribution in [0.4, 0.5) is 0 Å². The second-order valence-corrected chi connectivity index (χ2v) is 5.48. The van der Waals surface area contributed by atoms with Crippen LogP contribution in [0.25, 0.3) is 0 Å². The number of aryl methyl sites for hydroxylation is 1. The zero-order valence-electron chi connectivity index (χ0n) is 11.1. The van der Waals surface area contributed by atoms with E-state index in [1.54, 1.807) is 23.3 Å². The van der Waals surface area contributed by atoms with Gasteiger partial charge in [0.1, 0.15) is 0 Å². The van der Waals surface area contributed by atoms with Crippen LogP contribution in [-0.2, 0) is 13.1 Å². The normalized spacial score (nSPS) is 10.5. The van der Waals surface area contributed by atoms with Gasteiger partial charge in [-0.05, 0) is 24.6 Å². The van der Waals surface area contributed by atoms with Gasteiger partial charge in [0.05, 0.1) is 17.2 Å². The number of carbonyl (C=O) groups excluding carboxylic acids is 1. The molecule has 0 radical (unpaired) electrons. The first-order valence-electron chi connectivity index (χ1n) is 6.05. The average Bonchev–Trinajstić information content (AvgIpc) is 2.83. The van der Waals surface area contributed by atoms with Crippen LogP contribution in [-0.4, -0.2) is 22.8 Å². The molecule has 2 aromatic rings. The van der Waals surface area contributed by atoms with Crippen LogP contribution in [0.2, 0.25) is 0 Å². The Morgan fingerprint density at radius 1 is 1.37 bits per heavy atom. The number of benzene rings is 1. The summed E-state index contributed by atoms with van der Waals surface area (Å²) in [5.41, 5.74) is 8.16. The average molecular weight is 275 g/mol. The number of nitrogens with two attached hydrogens (primary N) is 1. The molecule has 0 saturated carbocycles. The first kappa shape index (κ1) is 13.7. The molecule has 1 aromatic heterocycles. The number of rotatable bonds is 4. The van der Waals surface area contributed by atoms with E-state index in [2.05, 4.69) is 4.98 Å². The Morgan fingerprint density at radius 3 is 2.58 bits per heavy atom. The highest BCUT2D eigenvalue weighted by Gasteiger charge is 2.13. The summed E-state index contributed by atoms with van der Waals surface area (Å²) in [4.78, 5) is 18.3. The van der Waals surface area contributed by atoms with Crippen molar-refractivity contribution < 1.29 is 4.79 Å². The maximum atomic E-state index is 12.2. The van der Waals surface area contributed by atoms with E-state index >= 15 is 0 Å². The van der Waals surface area contributed by atoms with Crippen molar-refractivity contribution in [2.45, 2.75) is 20.0 Å². The summed E-state index contributed by atoms with van der Waals surface area (Å²) in [5, 5.41) is 3.00. The molecule has 19 heavy (non-hydrogen) atoms. The fourth-order valence-corrected chi connectivity index (χ4v) is 2.40. The lowest BCUT2D eigenvalue weighted by atomic mass is 10.1. The van der Waals surface area contributed by atoms with Crippen molar-refractivity contribution in [3.05, 3.63) is 51.5 Å². The zero-order chi connectivity index (χ0) is 13.8. The standard InChI is InChI=1S/C14H17N3OS/c1-10-16-13(9-19-10)8-17(2)14(18)12-5-3-11(7-15)4-6-12/h3-6,9H,7-8,15H2,1-2H3. The van der Waals surface area contributed by atoms with Crippen molar-refractivity contribution in [1.82, 2.24) is 9.88 Å². The lowest BCUT2D eigenvalue weighted by molar-refractivity contribution is 0.0783. The SMILES string of the molecule is Cc1nc(CN(C)C(=O)c2ccc(CN)cc2)cs1. The lowest BCUT2D eigenvalue weighted by Crippen LogP contribution is -2.26. The molecule has 0 aliphatic rings. The number of nitrogens with zero attached hydrogens (tertiary/aromatic N) is 2. The Bertz CT molecular complexity index is 562. The van der Waals surface area contributed by atoms with Gasteiger partial charge in [0.25, 0.3) is 5.91 Å². The Balaban J connectivity index is 2.05. The third kappa shape index (κ3) is 3.39. The van der Waals surface area contributed by atoms with E-state index in [0.29, 0.717) is 18.7 Å². The fraction of sp³-hybridized carbons (Fsp3) is 0.286. The zero-order valence-corrected chi connectivity index (χ0v) is 11.9. The molecule has 100 valence electrons. The Labute approximate surface area is 116 Å². The van der Waals surface area contributed by atoms with Crippen LogP contribution in [0.5, 0.6) is 0 Å². The third-order valence-corrected chi connectivity index (χ3v) is 3.67. The van der Waals surface area contributed by atoms with Gasteiger partial charge < -0.3 is 10.6 Å². The summed E-state index contributed by atoms with van der Waals surface area (Å²) in [5.74, 6) is -0.00535. The highest BCUT2D eigenvalue weighted by molar-refractivity contribution is 7.09. The second-order valence-electron chi connectivity index (χ2n) is 4.42. The minimum Gasteiger partial charge on any atom is -0.336 e. The van der Waals surface area contributed by atoms with Gasteiger partial charge in [0.2, 0.25) is 0 Å². The quantitative estimate of drug-likeness (QED) is 0.930. The molecule has 0 bridgehead atoms. The summed E-state index contributed by atoms with van der Waals surface area (Å²) in [6.07, 6.45) is 0.